The molecular weight excluding hydrogens is 214 g/mol. The third kappa shape index (κ3) is 8.33. The standard InChI is InChI=1S/C14H29NO2/c1-4-6-8-12(5-2)11-14(16)13(15)9-7-10-17-3/h12-13H,4-11,15H2,1-3H3. The summed E-state index contributed by atoms with van der Waals surface area (Å²) in [5.74, 6) is 0.750. The number of carbonyl (C=O) groups excluding carboxylic acids is 1. The van der Waals surface area contributed by atoms with Crippen molar-refractivity contribution in [3.8, 4) is 0 Å². The monoisotopic (exact) mass is 243 g/mol. The Morgan fingerprint density at radius 2 is 1.94 bits per heavy atom. The van der Waals surface area contributed by atoms with E-state index in [0.717, 1.165) is 25.7 Å². The fourth-order valence-electron chi connectivity index (χ4n) is 1.99. The highest BCUT2D eigenvalue weighted by molar-refractivity contribution is 5.83. The van der Waals surface area contributed by atoms with Crippen molar-refractivity contribution in [2.75, 3.05) is 13.7 Å². The summed E-state index contributed by atoms with van der Waals surface area (Å²) < 4.78 is 4.96. The minimum absolute atomic E-state index is 0.226. The number of ether oxygens (including phenoxy) is 1. The minimum atomic E-state index is -0.291. The molecule has 2 atom stereocenters. The van der Waals surface area contributed by atoms with Gasteiger partial charge in [-0.15, -0.1) is 0 Å². The van der Waals surface area contributed by atoms with E-state index in [4.69, 9.17) is 10.5 Å². The van der Waals surface area contributed by atoms with Gasteiger partial charge in [-0.05, 0) is 18.8 Å². The van der Waals surface area contributed by atoms with Crippen molar-refractivity contribution in [2.24, 2.45) is 11.7 Å². The van der Waals surface area contributed by atoms with Crippen LogP contribution in [0.4, 0.5) is 0 Å². The lowest BCUT2D eigenvalue weighted by Crippen LogP contribution is -2.32. The maximum absolute atomic E-state index is 11.9. The lowest BCUT2D eigenvalue weighted by molar-refractivity contribution is -0.121. The van der Waals surface area contributed by atoms with Gasteiger partial charge in [-0.3, -0.25) is 4.79 Å². The first-order valence-corrected chi connectivity index (χ1v) is 6.92. The van der Waals surface area contributed by atoms with Gasteiger partial charge < -0.3 is 10.5 Å². The van der Waals surface area contributed by atoms with Gasteiger partial charge in [-0.1, -0.05) is 39.5 Å². The van der Waals surface area contributed by atoms with Crippen LogP contribution in [0.25, 0.3) is 0 Å². The Hall–Kier alpha value is -0.410. The maximum Gasteiger partial charge on any atom is 0.149 e. The third-order valence-corrected chi connectivity index (χ3v) is 3.31. The van der Waals surface area contributed by atoms with E-state index >= 15 is 0 Å². The molecule has 3 nitrogen and oxygen atoms in total. The number of methoxy groups -OCH3 is 1. The Balaban J connectivity index is 3.86. The normalized spacial score (nSPS) is 14.6. The van der Waals surface area contributed by atoms with Gasteiger partial charge in [-0.25, -0.2) is 0 Å². The van der Waals surface area contributed by atoms with E-state index in [1.54, 1.807) is 7.11 Å². The second-order valence-corrected chi connectivity index (χ2v) is 4.83. The van der Waals surface area contributed by atoms with E-state index in [-0.39, 0.29) is 11.8 Å². The molecule has 0 aromatic heterocycles. The number of rotatable bonds is 11. The molecule has 0 amide bonds. The Morgan fingerprint density at radius 1 is 1.24 bits per heavy atom. The molecule has 0 aliphatic rings. The van der Waals surface area contributed by atoms with E-state index in [9.17, 15) is 4.79 Å². The van der Waals surface area contributed by atoms with Gasteiger partial charge in [0.05, 0.1) is 6.04 Å². The second-order valence-electron chi connectivity index (χ2n) is 4.83. The third-order valence-electron chi connectivity index (χ3n) is 3.31. The van der Waals surface area contributed by atoms with Crippen LogP contribution >= 0.6 is 0 Å². The number of Topliss-reactive ketones (excluding diaryl/α,β-unsaturated/α-hetero) is 1. The Bertz CT molecular complexity index is 195. The van der Waals surface area contributed by atoms with Crippen molar-refractivity contribution in [2.45, 2.75) is 64.8 Å². The summed E-state index contributed by atoms with van der Waals surface area (Å²) in [6.45, 7) is 5.03. The second kappa shape index (κ2) is 10.7. The van der Waals surface area contributed by atoms with Gasteiger partial charge in [0.2, 0.25) is 0 Å². The number of hydrogen-bond acceptors (Lipinski definition) is 3. The molecule has 0 saturated heterocycles. The summed E-state index contributed by atoms with van der Waals surface area (Å²) in [6, 6.07) is -0.291. The highest BCUT2D eigenvalue weighted by Crippen LogP contribution is 2.18. The zero-order valence-corrected chi connectivity index (χ0v) is 11.7. The van der Waals surface area contributed by atoms with Crippen LogP contribution in [0.15, 0.2) is 0 Å². The summed E-state index contributed by atoms with van der Waals surface area (Å²) in [5, 5.41) is 0. The summed E-state index contributed by atoms with van der Waals surface area (Å²) in [4.78, 5) is 11.9. The molecule has 2 N–H and O–H groups in total. The summed E-state index contributed by atoms with van der Waals surface area (Å²) >= 11 is 0. The summed E-state index contributed by atoms with van der Waals surface area (Å²) in [5.41, 5.74) is 5.88. The molecule has 0 aliphatic heterocycles. The Kier molecular flexibility index (Phi) is 10.5. The molecule has 0 fully saturated rings. The SMILES string of the molecule is CCCCC(CC)CC(=O)C(N)CCCOC. The van der Waals surface area contributed by atoms with Gasteiger partial charge in [0, 0.05) is 20.1 Å². The maximum atomic E-state index is 11.9. The summed E-state index contributed by atoms with van der Waals surface area (Å²) in [7, 11) is 1.67. The molecule has 0 aliphatic carbocycles. The molecule has 0 spiro atoms. The lowest BCUT2D eigenvalue weighted by atomic mass is 9.91. The molecule has 3 heteroatoms. The number of unbranched alkanes of at least 4 members (excludes halogenated alkanes) is 1. The van der Waals surface area contributed by atoms with Crippen LogP contribution in [0.3, 0.4) is 0 Å². The van der Waals surface area contributed by atoms with Crippen molar-refractivity contribution in [3.05, 3.63) is 0 Å². The molecule has 0 heterocycles. The van der Waals surface area contributed by atoms with Crippen LogP contribution in [-0.2, 0) is 9.53 Å². The quantitative estimate of drug-likeness (QED) is 0.568. The van der Waals surface area contributed by atoms with Crippen LogP contribution < -0.4 is 5.73 Å². The highest BCUT2D eigenvalue weighted by Gasteiger charge is 2.17. The molecular formula is C14H29NO2. The molecule has 0 aromatic rings. The van der Waals surface area contributed by atoms with Crippen LogP contribution in [0.2, 0.25) is 0 Å². The van der Waals surface area contributed by atoms with Crippen LogP contribution in [-0.4, -0.2) is 25.5 Å². The van der Waals surface area contributed by atoms with Crippen LogP contribution in [0.5, 0.6) is 0 Å². The smallest absolute Gasteiger partial charge is 0.149 e. The van der Waals surface area contributed by atoms with E-state index in [0.29, 0.717) is 18.9 Å². The Labute approximate surface area is 106 Å². The van der Waals surface area contributed by atoms with E-state index in [1.807, 2.05) is 0 Å². The molecule has 0 rings (SSSR count). The zero-order chi connectivity index (χ0) is 13.1. The van der Waals surface area contributed by atoms with E-state index in [1.165, 1.54) is 12.8 Å². The predicted octanol–water partition coefficient (Wildman–Crippen LogP) is 2.92. The lowest BCUT2D eigenvalue weighted by Gasteiger charge is -2.16. The van der Waals surface area contributed by atoms with Gasteiger partial charge in [0.25, 0.3) is 0 Å². The minimum Gasteiger partial charge on any atom is -0.385 e. The number of ketones is 1. The molecule has 17 heavy (non-hydrogen) atoms. The van der Waals surface area contributed by atoms with Gasteiger partial charge >= 0.3 is 0 Å². The Morgan fingerprint density at radius 3 is 2.47 bits per heavy atom. The average molecular weight is 243 g/mol. The molecule has 0 saturated carbocycles. The van der Waals surface area contributed by atoms with Gasteiger partial charge in [-0.2, -0.15) is 0 Å². The predicted molar refractivity (Wildman–Crippen MR) is 72.0 cm³/mol. The van der Waals surface area contributed by atoms with Crippen molar-refractivity contribution in [3.63, 3.8) is 0 Å². The number of carbonyl (C=O) groups is 1. The van der Waals surface area contributed by atoms with Crippen molar-refractivity contribution < 1.29 is 9.53 Å². The molecule has 0 radical (unpaired) electrons. The number of hydrogen-bond donors (Lipinski definition) is 1. The van der Waals surface area contributed by atoms with Crippen molar-refractivity contribution >= 4 is 5.78 Å². The largest absolute Gasteiger partial charge is 0.385 e. The summed E-state index contributed by atoms with van der Waals surface area (Å²) in [6.07, 6.45) is 6.92. The van der Waals surface area contributed by atoms with Gasteiger partial charge in [0.1, 0.15) is 5.78 Å². The van der Waals surface area contributed by atoms with Gasteiger partial charge in [0.15, 0.2) is 0 Å². The van der Waals surface area contributed by atoms with E-state index in [2.05, 4.69) is 13.8 Å². The molecule has 102 valence electrons. The first kappa shape index (κ1) is 16.6. The molecule has 0 bridgehead atoms. The molecule has 0 aromatic carbocycles. The van der Waals surface area contributed by atoms with E-state index < -0.39 is 0 Å². The first-order chi connectivity index (χ1) is 8.15. The first-order valence-electron chi connectivity index (χ1n) is 6.92. The zero-order valence-electron chi connectivity index (χ0n) is 11.7. The topological polar surface area (TPSA) is 52.3 Å². The fraction of sp³-hybridized carbons (Fsp3) is 0.929. The fourth-order valence-corrected chi connectivity index (χ4v) is 1.99. The molecule has 2 unspecified atom stereocenters. The highest BCUT2D eigenvalue weighted by atomic mass is 16.5. The van der Waals surface area contributed by atoms with Crippen LogP contribution in [0.1, 0.15) is 58.8 Å². The number of nitrogens with two attached hydrogens (primary N) is 1. The van der Waals surface area contributed by atoms with Crippen LogP contribution in [0, 0.1) is 5.92 Å². The van der Waals surface area contributed by atoms with Crippen molar-refractivity contribution in [1.29, 1.82) is 0 Å². The average Bonchev–Trinajstić information content (AvgIpc) is 2.34. The van der Waals surface area contributed by atoms with Crippen molar-refractivity contribution in [1.82, 2.24) is 0 Å².